The van der Waals surface area contributed by atoms with Crippen LogP contribution in [0, 0.1) is 0 Å². The highest BCUT2D eigenvalue weighted by Gasteiger charge is 2.20. The largest absolute Gasteiger partial charge is 0.423 e. The lowest BCUT2D eigenvalue weighted by molar-refractivity contribution is 0.0732. The number of halogens is 4. The van der Waals surface area contributed by atoms with Crippen molar-refractivity contribution in [2.24, 2.45) is 0 Å². The van der Waals surface area contributed by atoms with Crippen molar-refractivity contribution in [2.75, 3.05) is 0 Å². The molecule has 0 saturated heterocycles. The summed E-state index contributed by atoms with van der Waals surface area (Å²) < 4.78 is 10.5. The van der Waals surface area contributed by atoms with E-state index >= 15 is 0 Å². The SMILES string of the molecule is O=Cc1cc(OC(=O)c2c(Cl)cccc2Cl)cc(OC(=O)c2c(Cl)cccc2Cl)c1. The average molecular weight is 484 g/mol. The number of rotatable bonds is 5. The van der Waals surface area contributed by atoms with Crippen molar-refractivity contribution < 1.29 is 23.9 Å². The number of aldehydes is 1. The second-order valence-corrected chi connectivity index (χ2v) is 7.46. The van der Waals surface area contributed by atoms with E-state index in [1.165, 1.54) is 42.5 Å². The number of benzene rings is 3. The zero-order chi connectivity index (χ0) is 21.8. The Bertz CT molecular complexity index is 1040. The summed E-state index contributed by atoms with van der Waals surface area (Å²) in [6.45, 7) is 0. The molecule has 0 fully saturated rings. The average Bonchev–Trinajstić information content (AvgIpc) is 2.67. The monoisotopic (exact) mass is 482 g/mol. The summed E-state index contributed by atoms with van der Waals surface area (Å²) in [6.07, 6.45) is 0.500. The van der Waals surface area contributed by atoms with Crippen LogP contribution in [0.4, 0.5) is 0 Å². The highest BCUT2D eigenvalue weighted by molar-refractivity contribution is 6.40. The first-order valence-corrected chi connectivity index (χ1v) is 9.74. The molecular weight excluding hydrogens is 474 g/mol. The first-order chi connectivity index (χ1) is 14.3. The van der Waals surface area contributed by atoms with Crippen molar-refractivity contribution >= 4 is 64.6 Å². The molecule has 3 aromatic rings. The van der Waals surface area contributed by atoms with Crippen molar-refractivity contribution in [3.63, 3.8) is 0 Å². The third-order valence-electron chi connectivity index (χ3n) is 3.79. The summed E-state index contributed by atoms with van der Waals surface area (Å²) in [5.41, 5.74) is 0.0103. The lowest BCUT2D eigenvalue weighted by atomic mass is 10.2. The van der Waals surface area contributed by atoms with Gasteiger partial charge < -0.3 is 9.47 Å². The molecule has 0 aliphatic carbocycles. The molecule has 3 aromatic carbocycles. The minimum Gasteiger partial charge on any atom is -0.423 e. The summed E-state index contributed by atoms with van der Waals surface area (Å²) in [4.78, 5) is 36.2. The van der Waals surface area contributed by atoms with Crippen LogP contribution < -0.4 is 9.47 Å². The molecule has 9 heteroatoms. The fourth-order valence-electron chi connectivity index (χ4n) is 2.48. The molecule has 0 aliphatic heterocycles. The van der Waals surface area contributed by atoms with Crippen molar-refractivity contribution in [1.82, 2.24) is 0 Å². The van der Waals surface area contributed by atoms with Crippen LogP contribution in [0.15, 0.2) is 54.6 Å². The summed E-state index contributed by atoms with van der Waals surface area (Å²) in [7, 11) is 0. The maximum Gasteiger partial charge on any atom is 0.346 e. The fourth-order valence-corrected chi connectivity index (χ4v) is 3.58. The van der Waals surface area contributed by atoms with Gasteiger partial charge in [0.15, 0.2) is 0 Å². The Morgan fingerprint density at radius 3 is 1.37 bits per heavy atom. The standard InChI is InChI=1S/C21H10Cl4O5/c22-14-3-1-4-15(23)18(14)20(27)29-12-7-11(10-26)8-13(9-12)30-21(28)19-16(24)5-2-6-17(19)25/h1-10H. The summed E-state index contributed by atoms with van der Waals surface area (Å²) >= 11 is 24.0. The number of ether oxygens (including phenoxy) is 2. The Labute approximate surface area is 191 Å². The lowest BCUT2D eigenvalue weighted by Gasteiger charge is -2.11. The predicted octanol–water partition coefficient (Wildman–Crippen LogP) is 6.55. The van der Waals surface area contributed by atoms with E-state index in [9.17, 15) is 14.4 Å². The molecule has 0 unspecified atom stereocenters. The number of hydrogen-bond donors (Lipinski definition) is 0. The van der Waals surface area contributed by atoms with Gasteiger partial charge in [-0.2, -0.15) is 0 Å². The number of carbonyl (C=O) groups excluding carboxylic acids is 3. The molecule has 0 amide bonds. The van der Waals surface area contributed by atoms with Crippen LogP contribution in [0.25, 0.3) is 0 Å². The van der Waals surface area contributed by atoms with Crippen molar-refractivity contribution in [1.29, 1.82) is 0 Å². The van der Waals surface area contributed by atoms with Gasteiger partial charge in [0, 0.05) is 11.6 Å². The molecule has 0 spiro atoms. The van der Waals surface area contributed by atoms with E-state index in [2.05, 4.69) is 0 Å². The normalized spacial score (nSPS) is 10.4. The maximum atomic E-state index is 12.5. The molecule has 0 saturated carbocycles. The van der Waals surface area contributed by atoms with Crippen LogP contribution in [0.3, 0.4) is 0 Å². The van der Waals surface area contributed by atoms with Crippen molar-refractivity contribution in [2.45, 2.75) is 0 Å². The topological polar surface area (TPSA) is 69.7 Å². The molecule has 0 bridgehead atoms. The Balaban J connectivity index is 1.90. The van der Waals surface area contributed by atoms with Gasteiger partial charge in [0.1, 0.15) is 17.8 Å². The van der Waals surface area contributed by atoms with Gasteiger partial charge >= 0.3 is 11.9 Å². The second-order valence-electron chi connectivity index (χ2n) is 5.83. The van der Waals surface area contributed by atoms with E-state index in [1.807, 2.05) is 0 Å². The highest BCUT2D eigenvalue weighted by atomic mass is 35.5. The predicted molar refractivity (Wildman–Crippen MR) is 115 cm³/mol. The van der Waals surface area contributed by atoms with Gasteiger partial charge in [-0.05, 0) is 36.4 Å². The number of hydrogen-bond acceptors (Lipinski definition) is 5. The van der Waals surface area contributed by atoms with Crippen LogP contribution >= 0.6 is 46.4 Å². The zero-order valence-electron chi connectivity index (χ0n) is 14.8. The van der Waals surface area contributed by atoms with Gasteiger partial charge in [-0.15, -0.1) is 0 Å². The Hall–Kier alpha value is -2.57. The van der Waals surface area contributed by atoms with Crippen molar-refractivity contribution in [3.8, 4) is 11.5 Å². The van der Waals surface area contributed by atoms with Gasteiger partial charge in [-0.3, -0.25) is 4.79 Å². The molecule has 0 aliphatic rings. The third kappa shape index (κ3) is 4.94. The van der Waals surface area contributed by atoms with Crippen molar-refractivity contribution in [3.05, 3.63) is 91.4 Å². The first kappa shape index (κ1) is 22.1. The van der Waals surface area contributed by atoms with Crippen LogP contribution in [-0.4, -0.2) is 18.2 Å². The van der Waals surface area contributed by atoms with Gasteiger partial charge in [-0.25, -0.2) is 9.59 Å². The molecule has 30 heavy (non-hydrogen) atoms. The quantitative estimate of drug-likeness (QED) is 0.234. The van der Waals surface area contributed by atoms with Crippen LogP contribution in [-0.2, 0) is 0 Å². The Morgan fingerprint density at radius 2 is 1.03 bits per heavy atom. The van der Waals surface area contributed by atoms with E-state index in [0.717, 1.165) is 0 Å². The molecule has 152 valence electrons. The minimum atomic E-state index is -0.847. The van der Waals surface area contributed by atoms with E-state index in [0.29, 0.717) is 6.29 Å². The Morgan fingerprint density at radius 1 is 0.667 bits per heavy atom. The second kappa shape index (κ2) is 9.49. The zero-order valence-corrected chi connectivity index (χ0v) is 17.9. The first-order valence-electron chi connectivity index (χ1n) is 8.23. The van der Waals surface area contributed by atoms with Gasteiger partial charge in [-0.1, -0.05) is 58.5 Å². The smallest absolute Gasteiger partial charge is 0.346 e. The molecular formula is C21H10Cl4O5. The molecule has 0 radical (unpaired) electrons. The molecule has 0 heterocycles. The van der Waals surface area contributed by atoms with Gasteiger partial charge in [0.05, 0.1) is 31.2 Å². The Kier molecular flexibility index (Phi) is 7.00. The lowest BCUT2D eigenvalue weighted by Crippen LogP contribution is -2.12. The number of esters is 2. The molecule has 0 atom stereocenters. The summed E-state index contributed by atoms with van der Waals surface area (Å²) in [5, 5.41) is 0.385. The van der Waals surface area contributed by atoms with E-state index in [1.54, 1.807) is 12.1 Å². The van der Waals surface area contributed by atoms with Gasteiger partial charge in [0.25, 0.3) is 0 Å². The minimum absolute atomic E-state index is 0.0428. The third-order valence-corrected chi connectivity index (χ3v) is 5.05. The van der Waals surface area contributed by atoms with E-state index in [4.69, 9.17) is 55.9 Å². The molecule has 0 N–H and O–H groups in total. The van der Waals surface area contributed by atoms with Crippen LogP contribution in [0.2, 0.25) is 20.1 Å². The molecule has 5 nitrogen and oxygen atoms in total. The van der Waals surface area contributed by atoms with E-state index < -0.39 is 11.9 Å². The van der Waals surface area contributed by atoms with Crippen LogP contribution in [0.1, 0.15) is 31.1 Å². The summed E-state index contributed by atoms with van der Waals surface area (Å²) in [5.74, 6) is -1.82. The molecule has 0 aromatic heterocycles. The molecule has 3 rings (SSSR count). The number of carbonyl (C=O) groups is 3. The fraction of sp³-hybridized carbons (Fsp3) is 0. The van der Waals surface area contributed by atoms with Crippen LogP contribution in [0.5, 0.6) is 11.5 Å². The van der Waals surface area contributed by atoms with Gasteiger partial charge in [0.2, 0.25) is 0 Å². The maximum absolute atomic E-state index is 12.5. The highest BCUT2D eigenvalue weighted by Crippen LogP contribution is 2.30. The summed E-state index contributed by atoms with van der Waals surface area (Å²) in [6, 6.07) is 12.9. The van der Waals surface area contributed by atoms with E-state index in [-0.39, 0.29) is 48.3 Å².